The Hall–Kier alpha value is -0.910. The third kappa shape index (κ3) is 4.30. The Balaban J connectivity index is 1.89. The summed E-state index contributed by atoms with van der Waals surface area (Å²) in [6, 6.07) is 2.04. The minimum absolute atomic E-state index is 0.547. The lowest BCUT2D eigenvalue weighted by Gasteiger charge is -2.29. The Morgan fingerprint density at radius 1 is 1.40 bits per heavy atom. The van der Waals surface area contributed by atoms with Gasteiger partial charge in [-0.05, 0) is 46.3 Å². The molecule has 2 rings (SSSR count). The normalized spacial score (nSPS) is 25.1. The summed E-state index contributed by atoms with van der Waals surface area (Å²) < 4.78 is 5.35. The predicted octanol–water partition coefficient (Wildman–Crippen LogP) is 1.52. The molecule has 1 N–H and O–H groups in total. The first-order valence-electron chi connectivity index (χ1n) is 7.55. The third-order valence-corrected chi connectivity index (χ3v) is 3.97. The molecule has 5 nitrogen and oxygen atoms in total. The van der Waals surface area contributed by atoms with Crippen molar-refractivity contribution >= 4 is 0 Å². The molecule has 1 fully saturated rings. The highest BCUT2D eigenvalue weighted by Gasteiger charge is 2.30. The smallest absolute Gasteiger partial charge is 0.150 e. The van der Waals surface area contributed by atoms with Crippen LogP contribution in [-0.4, -0.2) is 59.4 Å². The van der Waals surface area contributed by atoms with E-state index in [0.29, 0.717) is 0 Å². The molecule has 0 bridgehead atoms. The first-order chi connectivity index (χ1) is 9.50. The first kappa shape index (κ1) is 15.5. The zero-order valence-electron chi connectivity index (χ0n) is 12.9. The van der Waals surface area contributed by atoms with E-state index in [0.717, 1.165) is 63.3 Å². The van der Waals surface area contributed by atoms with Gasteiger partial charge in [0.2, 0.25) is 0 Å². The lowest BCUT2D eigenvalue weighted by molar-refractivity contribution is 0.00241. The van der Waals surface area contributed by atoms with Crippen LogP contribution in [0.4, 0.5) is 0 Å². The Morgan fingerprint density at radius 3 is 2.85 bits per heavy atom. The number of hydrogen-bond acceptors (Lipinski definition) is 5. The molecule has 0 saturated carbocycles. The highest BCUT2D eigenvalue weighted by atomic mass is 16.5. The number of aromatic nitrogens is 1. The van der Waals surface area contributed by atoms with Crippen molar-refractivity contribution in [2.45, 2.75) is 44.8 Å². The van der Waals surface area contributed by atoms with E-state index in [4.69, 9.17) is 4.52 Å². The van der Waals surface area contributed by atoms with Gasteiger partial charge in [0.1, 0.15) is 0 Å². The molecular weight excluding hydrogens is 254 g/mol. The Kier molecular flexibility index (Phi) is 5.18. The molecule has 0 amide bonds. The van der Waals surface area contributed by atoms with Crippen LogP contribution in [0.3, 0.4) is 0 Å². The Bertz CT molecular complexity index is 419. The SMILES string of the molecule is CCc1cc(CN2CCCC(O)(CN(C)C)CC2)on1. The summed E-state index contributed by atoms with van der Waals surface area (Å²) in [5.41, 5.74) is 0.466. The topological polar surface area (TPSA) is 52.7 Å². The minimum atomic E-state index is -0.547. The van der Waals surface area contributed by atoms with Gasteiger partial charge >= 0.3 is 0 Å². The van der Waals surface area contributed by atoms with E-state index in [1.807, 2.05) is 20.2 Å². The molecule has 1 aromatic heterocycles. The van der Waals surface area contributed by atoms with Gasteiger partial charge in [-0.25, -0.2) is 0 Å². The molecule has 1 atom stereocenters. The van der Waals surface area contributed by atoms with E-state index in [1.54, 1.807) is 0 Å². The quantitative estimate of drug-likeness (QED) is 0.887. The van der Waals surface area contributed by atoms with E-state index < -0.39 is 5.60 Å². The summed E-state index contributed by atoms with van der Waals surface area (Å²) in [7, 11) is 4.03. The second-order valence-corrected chi connectivity index (χ2v) is 6.23. The maximum Gasteiger partial charge on any atom is 0.150 e. The molecule has 1 aliphatic rings. The molecule has 20 heavy (non-hydrogen) atoms. The molecule has 114 valence electrons. The summed E-state index contributed by atoms with van der Waals surface area (Å²) >= 11 is 0. The lowest BCUT2D eigenvalue weighted by Crippen LogP contribution is -2.40. The van der Waals surface area contributed by atoms with Gasteiger partial charge in [0, 0.05) is 19.2 Å². The van der Waals surface area contributed by atoms with Crippen molar-refractivity contribution in [2.24, 2.45) is 0 Å². The highest BCUT2D eigenvalue weighted by Crippen LogP contribution is 2.24. The zero-order chi connectivity index (χ0) is 14.6. The summed E-state index contributed by atoms with van der Waals surface area (Å²) in [6.45, 7) is 5.54. The van der Waals surface area contributed by atoms with Crippen LogP contribution in [0.15, 0.2) is 10.6 Å². The van der Waals surface area contributed by atoms with E-state index >= 15 is 0 Å². The van der Waals surface area contributed by atoms with Gasteiger partial charge in [-0.2, -0.15) is 0 Å². The second-order valence-electron chi connectivity index (χ2n) is 6.23. The molecule has 0 aromatic carbocycles. The summed E-state index contributed by atoms with van der Waals surface area (Å²) in [6.07, 6.45) is 3.63. The van der Waals surface area contributed by atoms with E-state index in [9.17, 15) is 5.11 Å². The van der Waals surface area contributed by atoms with Crippen molar-refractivity contribution in [1.82, 2.24) is 15.0 Å². The van der Waals surface area contributed by atoms with Crippen LogP contribution >= 0.6 is 0 Å². The van der Waals surface area contributed by atoms with Crippen LogP contribution in [0.1, 0.15) is 37.6 Å². The van der Waals surface area contributed by atoms with Gasteiger partial charge in [0.25, 0.3) is 0 Å². The number of likely N-dealkylation sites (N-methyl/N-ethyl adjacent to an activating group) is 1. The summed E-state index contributed by atoms with van der Waals surface area (Å²) in [5.74, 6) is 0.930. The lowest BCUT2D eigenvalue weighted by atomic mass is 9.94. The highest BCUT2D eigenvalue weighted by molar-refractivity contribution is 5.05. The average Bonchev–Trinajstić information content (AvgIpc) is 2.75. The number of rotatable bonds is 5. The molecule has 1 unspecified atom stereocenters. The molecule has 1 aliphatic heterocycles. The van der Waals surface area contributed by atoms with Gasteiger partial charge in [-0.15, -0.1) is 0 Å². The van der Waals surface area contributed by atoms with E-state index in [-0.39, 0.29) is 0 Å². The van der Waals surface area contributed by atoms with E-state index in [1.165, 1.54) is 0 Å². The number of nitrogens with zero attached hydrogens (tertiary/aromatic N) is 3. The van der Waals surface area contributed by atoms with Crippen molar-refractivity contribution in [1.29, 1.82) is 0 Å². The Labute approximate surface area is 121 Å². The maximum absolute atomic E-state index is 10.6. The van der Waals surface area contributed by atoms with Gasteiger partial charge in [0.15, 0.2) is 5.76 Å². The van der Waals surface area contributed by atoms with Gasteiger partial charge in [-0.3, -0.25) is 4.90 Å². The first-order valence-corrected chi connectivity index (χ1v) is 7.55. The maximum atomic E-state index is 10.6. The Morgan fingerprint density at radius 2 is 2.20 bits per heavy atom. The number of aliphatic hydroxyl groups is 1. The fourth-order valence-electron chi connectivity index (χ4n) is 2.96. The number of likely N-dealkylation sites (tertiary alicyclic amines) is 1. The minimum Gasteiger partial charge on any atom is -0.389 e. The number of aryl methyl sites for hydroxylation is 1. The van der Waals surface area contributed by atoms with Crippen molar-refractivity contribution in [3.05, 3.63) is 17.5 Å². The van der Waals surface area contributed by atoms with Gasteiger partial charge in [0.05, 0.1) is 17.8 Å². The van der Waals surface area contributed by atoms with Crippen molar-refractivity contribution in [3.63, 3.8) is 0 Å². The second kappa shape index (κ2) is 6.70. The average molecular weight is 281 g/mol. The molecule has 0 spiro atoms. The van der Waals surface area contributed by atoms with E-state index in [2.05, 4.69) is 21.9 Å². The largest absolute Gasteiger partial charge is 0.389 e. The molecule has 0 aliphatic carbocycles. The molecule has 5 heteroatoms. The molecule has 2 heterocycles. The van der Waals surface area contributed by atoms with Crippen LogP contribution in [-0.2, 0) is 13.0 Å². The third-order valence-electron chi connectivity index (χ3n) is 3.97. The zero-order valence-corrected chi connectivity index (χ0v) is 12.9. The van der Waals surface area contributed by atoms with Gasteiger partial charge in [-0.1, -0.05) is 12.1 Å². The molecule has 0 radical (unpaired) electrons. The van der Waals surface area contributed by atoms with Crippen molar-refractivity contribution in [3.8, 4) is 0 Å². The molecule has 1 aromatic rings. The summed E-state index contributed by atoms with van der Waals surface area (Å²) in [5, 5.41) is 14.7. The monoisotopic (exact) mass is 281 g/mol. The van der Waals surface area contributed by atoms with Crippen molar-refractivity contribution in [2.75, 3.05) is 33.7 Å². The number of hydrogen-bond donors (Lipinski definition) is 1. The molecular formula is C15H27N3O2. The van der Waals surface area contributed by atoms with Crippen LogP contribution in [0, 0.1) is 0 Å². The summed E-state index contributed by atoms with van der Waals surface area (Å²) in [4.78, 5) is 4.42. The predicted molar refractivity (Wildman–Crippen MR) is 78.5 cm³/mol. The standard InChI is InChI=1S/C15H27N3O2/c1-4-13-10-14(20-16-13)11-18-8-5-6-15(19,7-9-18)12-17(2)3/h10,19H,4-9,11-12H2,1-3H3. The molecule has 1 saturated heterocycles. The fraction of sp³-hybridized carbons (Fsp3) is 0.800. The van der Waals surface area contributed by atoms with Gasteiger partial charge < -0.3 is 14.5 Å². The van der Waals surface area contributed by atoms with Crippen LogP contribution in [0.25, 0.3) is 0 Å². The van der Waals surface area contributed by atoms with Crippen molar-refractivity contribution < 1.29 is 9.63 Å². The van der Waals surface area contributed by atoms with Crippen LogP contribution in [0.2, 0.25) is 0 Å². The van der Waals surface area contributed by atoms with Crippen LogP contribution in [0.5, 0.6) is 0 Å². The fourth-order valence-corrected chi connectivity index (χ4v) is 2.96. The van der Waals surface area contributed by atoms with Crippen LogP contribution < -0.4 is 0 Å².